The summed E-state index contributed by atoms with van der Waals surface area (Å²) in [5.41, 5.74) is 0.610. The van der Waals surface area contributed by atoms with Gasteiger partial charge in [0.15, 0.2) is 0 Å². The van der Waals surface area contributed by atoms with E-state index < -0.39 is 16.1 Å². The number of fused-ring (bicyclic) bond motifs is 2. The summed E-state index contributed by atoms with van der Waals surface area (Å²) in [7, 11) is -4.02. The van der Waals surface area contributed by atoms with Crippen LogP contribution in [0.4, 0.5) is 0 Å². The number of carbonyl (C=O) groups is 1. The van der Waals surface area contributed by atoms with E-state index in [4.69, 9.17) is 23.2 Å². The van der Waals surface area contributed by atoms with Gasteiger partial charge in [-0.1, -0.05) is 29.3 Å². The molecule has 0 aliphatic carbocycles. The zero-order chi connectivity index (χ0) is 21.5. The fourth-order valence-electron chi connectivity index (χ4n) is 4.33. The van der Waals surface area contributed by atoms with E-state index in [0.717, 1.165) is 6.42 Å². The summed E-state index contributed by atoms with van der Waals surface area (Å²) in [4.78, 5) is 15.1. The molecule has 0 radical (unpaired) electrons. The molecule has 3 unspecified atom stereocenters. The first-order valence-electron chi connectivity index (χ1n) is 9.57. The zero-order valence-corrected chi connectivity index (χ0v) is 18.4. The molecule has 1 aromatic carbocycles. The highest BCUT2D eigenvalue weighted by Crippen LogP contribution is 2.38. The number of nitrogens with zero attached hydrogens (tertiary/aromatic N) is 4. The van der Waals surface area contributed by atoms with Crippen molar-refractivity contribution in [2.24, 2.45) is 5.92 Å². The zero-order valence-electron chi connectivity index (χ0n) is 16.0. The maximum absolute atomic E-state index is 13.7. The molecule has 1 amide bonds. The number of benzene rings is 1. The largest absolute Gasteiger partial charge is 0.335 e. The first-order chi connectivity index (χ1) is 14.3. The predicted molar refractivity (Wildman–Crippen MR) is 112 cm³/mol. The number of amides is 1. The second-order valence-corrected chi connectivity index (χ2v) is 10.2. The van der Waals surface area contributed by atoms with E-state index in [-0.39, 0.29) is 39.4 Å². The fraction of sp³-hybridized carbons (Fsp3) is 0.421. The van der Waals surface area contributed by atoms with Crippen LogP contribution in [0.25, 0.3) is 0 Å². The Balaban J connectivity index is 1.77. The number of sulfonamides is 1. The molecule has 11 heteroatoms. The minimum atomic E-state index is -4.02. The van der Waals surface area contributed by atoms with Crippen LogP contribution < -0.4 is 0 Å². The van der Waals surface area contributed by atoms with E-state index in [1.165, 1.54) is 22.5 Å². The number of nitrogens with one attached hydrogen (secondary N) is 1. The molecule has 2 aliphatic heterocycles. The number of aromatic amines is 1. The molecule has 2 aliphatic rings. The van der Waals surface area contributed by atoms with Gasteiger partial charge in [0, 0.05) is 28.5 Å². The average Bonchev–Trinajstić information content (AvgIpc) is 3.20. The van der Waals surface area contributed by atoms with Crippen molar-refractivity contribution in [3.05, 3.63) is 52.8 Å². The van der Waals surface area contributed by atoms with Gasteiger partial charge in [-0.15, -0.1) is 6.58 Å². The summed E-state index contributed by atoms with van der Waals surface area (Å²) in [6.07, 6.45) is 5.13. The SMILES string of the molecule is C=CC1CN(Cc2cn[nH]n2)C(=O)C2CCCC1N2S(=O)(=O)c1cc(Cl)cc(Cl)c1. The summed E-state index contributed by atoms with van der Waals surface area (Å²) in [6.45, 7) is 4.52. The molecule has 2 aromatic rings. The quantitative estimate of drug-likeness (QED) is 0.678. The average molecular weight is 470 g/mol. The van der Waals surface area contributed by atoms with Gasteiger partial charge in [-0.05, 0) is 37.5 Å². The molecule has 30 heavy (non-hydrogen) atoms. The highest BCUT2D eigenvalue weighted by atomic mass is 35.5. The van der Waals surface area contributed by atoms with Crippen LogP contribution in [0.1, 0.15) is 25.0 Å². The van der Waals surface area contributed by atoms with E-state index in [2.05, 4.69) is 22.0 Å². The molecule has 3 atom stereocenters. The van der Waals surface area contributed by atoms with Crippen LogP contribution in [0.3, 0.4) is 0 Å². The molecule has 8 nitrogen and oxygen atoms in total. The van der Waals surface area contributed by atoms with Crippen molar-refractivity contribution in [3.8, 4) is 0 Å². The van der Waals surface area contributed by atoms with Crippen molar-refractivity contribution in [2.75, 3.05) is 6.54 Å². The van der Waals surface area contributed by atoms with E-state index in [9.17, 15) is 13.2 Å². The van der Waals surface area contributed by atoms with Crippen molar-refractivity contribution < 1.29 is 13.2 Å². The topological polar surface area (TPSA) is 99.3 Å². The monoisotopic (exact) mass is 469 g/mol. The van der Waals surface area contributed by atoms with Gasteiger partial charge in [-0.3, -0.25) is 4.79 Å². The van der Waals surface area contributed by atoms with Crippen molar-refractivity contribution in [1.82, 2.24) is 24.6 Å². The summed E-state index contributed by atoms with van der Waals surface area (Å²) < 4.78 is 28.7. The number of carbonyl (C=O) groups excluding carboxylic acids is 1. The first kappa shape index (κ1) is 21.3. The van der Waals surface area contributed by atoms with E-state index in [1.54, 1.807) is 17.2 Å². The van der Waals surface area contributed by atoms with Crippen LogP contribution in [-0.4, -0.2) is 57.6 Å². The Labute approximate surface area is 184 Å². The van der Waals surface area contributed by atoms with Gasteiger partial charge < -0.3 is 4.90 Å². The van der Waals surface area contributed by atoms with Gasteiger partial charge in [0.05, 0.1) is 17.6 Å². The number of hydrogen-bond acceptors (Lipinski definition) is 5. The van der Waals surface area contributed by atoms with Crippen LogP contribution in [0.5, 0.6) is 0 Å². The molecule has 4 rings (SSSR count). The van der Waals surface area contributed by atoms with E-state index in [0.29, 0.717) is 25.1 Å². The third-order valence-electron chi connectivity index (χ3n) is 5.67. The Hall–Kier alpha value is -1.94. The van der Waals surface area contributed by atoms with Crippen LogP contribution >= 0.6 is 23.2 Å². The Morgan fingerprint density at radius 3 is 2.60 bits per heavy atom. The summed E-state index contributed by atoms with van der Waals surface area (Å²) in [6, 6.07) is 3.02. The molecular formula is C19H21Cl2N5O3S. The molecule has 2 bridgehead atoms. The molecule has 160 valence electrons. The Kier molecular flexibility index (Phi) is 5.89. The lowest BCUT2D eigenvalue weighted by Crippen LogP contribution is -2.54. The summed E-state index contributed by atoms with van der Waals surface area (Å²) in [5.74, 6) is -0.473. The predicted octanol–water partition coefficient (Wildman–Crippen LogP) is 2.87. The smallest absolute Gasteiger partial charge is 0.244 e. The normalized spacial score (nSPS) is 25.2. The highest BCUT2D eigenvalue weighted by Gasteiger charge is 2.49. The number of halogens is 2. The highest BCUT2D eigenvalue weighted by molar-refractivity contribution is 7.89. The van der Waals surface area contributed by atoms with Gasteiger partial charge >= 0.3 is 0 Å². The maximum Gasteiger partial charge on any atom is 0.244 e. The second-order valence-electron chi connectivity index (χ2n) is 7.53. The third kappa shape index (κ3) is 3.87. The van der Waals surface area contributed by atoms with Crippen LogP contribution in [0, 0.1) is 5.92 Å². The lowest BCUT2D eigenvalue weighted by Gasteiger charge is -2.40. The van der Waals surface area contributed by atoms with Crippen molar-refractivity contribution in [1.29, 1.82) is 0 Å². The molecule has 2 fully saturated rings. The lowest BCUT2D eigenvalue weighted by molar-refractivity contribution is -0.135. The second kappa shape index (κ2) is 8.30. The van der Waals surface area contributed by atoms with E-state index in [1.807, 2.05) is 0 Å². The minimum Gasteiger partial charge on any atom is -0.335 e. The lowest BCUT2D eigenvalue weighted by atomic mass is 9.90. The molecule has 1 aromatic heterocycles. The third-order valence-corrected chi connectivity index (χ3v) is 8.01. The first-order valence-corrected chi connectivity index (χ1v) is 11.8. The van der Waals surface area contributed by atoms with Crippen molar-refractivity contribution >= 4 is 39.1 Å². The van der Waals surface area contributed by atoms with Gasteiger partial charge in [-0.2, -0.15) is 19.7 Å². The number of hydrogen-bond donors (Lipinski definition) is 1. The number of H-pyrrole nitrogens is 1. The van der Waals surface area contributed by atoms with E-state index >= 15 is 0 Å². The molecular weight excluding hydrogens is 449 g/mol. The molecule has 2 saturated heterocycles. The standard InChI is InChI=1S/C19H21Cl2N5O3S/c1-2-12-10-25(11-15-9-22-24-23-15)19(27)18-5-3-4-17(12)26(18)30(28,29)16-7-13(20)6-14(21)8-16/h2,6-9,12,17-18H,1,3-5,10-11H2,(H,22,23,24). The number of aromatic nitrogens is 3. The molecule has 0 saturated carbocycles. The van der Waals surface area contributed by atoms with Crippen LogP contribution in [0.15, 0.2) is 41.9 Å². The van der Waals surface area contributed by atoms with Gasteiger partial charge in [0.1, 0.15) is 11.7 Å². The van der Waals surface area contributed by atoms with Gasteiger partial charge in [0.2, 0.25) is 15.9 Å². The molecule has 0 spiro atoms. The number of rotatable bonds is 5. The Morgan fingerprint density at radius 1 is 1.23 bits per heavy atom. The van der Waals surface area contributed by atoms with Crippen LogP contribution in [-0.2, 0) is 21.4 Å². The van der Waals surface area contributed by atoms with Gasteiger partial charge in [-0.25, -0.2) is 8.42 Å². The summed E-state index contributed by atoms with van der Waals surface area (Å²) >= 11 is 12.1. The summed E-state index contributed by atoms with van der Waals surface area (Å²) in [5, 5.41) is 10.8. The van der Waals surface area contributed by atoms with Crippen molar-refractivity contribution in [2.45, 2.75) is 42.8 Å². The Morgan fingerprint density at radius 2 is 1.97 bits per heavy atom. The minimum absolute atomic E-state index is 0.0162. The molecule has 3 heterocycles. The van der Waals surface area contributed by atoms with Crippen molar-refractivity contribution in [3.63, 3.8) is 0 Å². The fourth-order valence-corrected chi connectivity index (χ4v) is 6.93. The maximum atomic E-state index is 13.7. The Bertz CT molecular complexity index is 1040. The van der Waals surface area contributed by atoms with Gasteiger partial charge in [0.25, 0.3) is 0 Å². The van der Waals surface area contributed by atoms with Crippen LogP contribution in [0.2, 0.25) is 10.0 Å². The molecule has 1 N–H and O–H groups in total. The number of piperidine rings is 1.